The zero-order valence-corrected chi connectivity index (χ0v) is 14.2. The van der Waals surface area contributed by atoms with Gasteiger partial charge in [0.15, 0.2) is 0 Å². The van der Waals surface area contributed by atoms with Crippen molar-refractivity contribution in [1.82, 2.24) is 0 Å². The van der Waals surface area contributed by atoms with Gasteiger partial charge >= 0.3 is 0 Å². The Labute approximate surface area is 128 Å². The Kier molecular flexibility index (Phi) is 5.49. The number of Topliss-reactive ketones (excluding diaryl/α,β-unsaturated/α-hetero) is 2. The second-order valence-corrected chi connectivity index (χ2v) is 8.12. The van der Waals surface area contributed by atoms with Crippen LogP contribution in [0.1, 0.15) is 65.5 Å². The summed E-state index contributed by atoms with van der Waals surface area (Å²) in [4.78, 5) is 23.8. The Hall–Kier alpha value is -1.44. The molecule has 0 bridgehead atoms. The molecular weight excluding hydrogens is 260 g/mol. The third-order valence-corrected chi connectivity index (χ3v) is 3.34. The van der Waals surface area contributed by atoms with Crippen molar-refractivity contribution >= 4 is 11.6 Å². The van der Waals surface area contributed by atoms with Crippen LogP contribution in [0.3, 0.4) is 0 Å². The topological polar surface area (TPSA) is 34.1 Å². The lowest BCUT2D eigenvalue weighted by Gasteiger charge is -2.19. The van der Waals surface area contributed by atoms with Crippen LogP contribution in [0.5, 0.6) is 0 Å². The third-order valence-electron chi connectivity index (χ3n) is 3.34. The van der Waals surface area contributed by atoms with Crippen molar-refractivity contribution in [1.29, 1.82) is 0 Å². The molecule has 0 radical (unpaired) electrons. The second-order valence-electron chi connectivity index (χ2n) is 8.12. The van der Waals surface area contributed by atoms with E-state index in [2.05, 4.69) is 32.9 Å². The van der Waals surface area contributed by atoms with Gasteiger partial charge in [0.2, 0.25) is 0 Å². The maximum atomic E-state index is 12.0. The Balaban J connectivity index is 2.58. The lowest BCUT2D eigenvalue weighted by molar-refractivity contribution is -0.127. The van der Waals surface area contributed by atoms with Gasteiger partial charge in [-0.25, -0.2) is 0 Å². The number of benzene rings is 1. The van der Waals surface area contributed by atoms with E-state index in [1.165, 1.54) is 5.56 Å². The average Bonchev–Trinajstić information content (AvgIpc) is 2.25. The fraction of sp³-hybridized carbons (Fsp3) is 0.579. The van der Waals surface area contributed by atoms with E-state index in [0.717, 1.165) is 5.56 Å². The van der Waals surface area contributed by atoms with Crippen LogP contribution in [-0.4, -0.2) is 11.6 Å². The molecule has 1 aromatic carbocycles. The van der Waals surface area contributed by atoms with E-state index in [0.29, 0.717) is 12.8 Å². The van der Waals surface area contributed by atoms with Gasteiger partial charge in [-0.3, -0.25) is 9.59 Å². The second kappa shape index (κ2) is 6.55. The van der Waals surface area contributed by atoms with Crippen LogP contribution in [0.15, 0.2) is 24.3 Å². The quantitative estimate of drug-likeness (QED) is 0.748. The summed E-state index contributed by atoms with van der Waals surface area (Å²) in [5.41, 5.74) is 2.30. The van der Waals surface area contributed by atoms with Gasteiger partial charge in [0.1, 0.15) is 11.6 Å². The van der Waals surface area contributed by atoms with E-state index < -0.39 is 0 Å². The first-order valence-electron chi connectivity index (χ1n) is 7.60. The number of carbonyl (C=O) groups is 2. The van der Waals surface area contributed by atoms with Crippen LogP contribution >= 0.6 is 0 Å². The van der Waals surface area contributed by atoms with Crippen molar-refractivity contribution in [3.63, 3.8) is 0 Å². The van der Waals surface area contributed by atoms with Gasteiger partial charge in [0.25, 0.3) is 0 Å². The normalized spacial score (nSPS) is 12.3. The highest BCUT2D eigenvalue weighted by Gasteiger charge is 2.19. The lowest BCUT2D eigenvalue weighted by Crippen LogP contribution is -2.17. The monoisotopic (exact) mass is 288 g/mol. The summed E-state index contributed by atoms with van der Waals surface area (Å²) in [6.45, 7) is 12.5. The van der Waals surface area contributed by atoms with Crippen LogP contribution in [0.4, 0.5) is 0 Å². The van der Waals surface area contributed by atoms with Gasteiger partial charge in [-0.2, -0.15) is 0 Å². The highest BCUT2D eigenvalue weighted by Crippen LogP contribution is 2.23. The molecule has 0 aliphatic rings. The first-order valence-corrected chi connectivity index (χ1v) is 7.60. The fourth-order valence-electron chi connectivity index (χ4n) is 2.29. The minimum Gasteiger partial charge on any atom is -0.299 e. The third kappa shape index (κ3) is 6.70. The maximum Gasteiger partial charge on any atom is 0.144 e. The van der Waals surface area contributed by atoms with Gasteiger partial charge < -0.3 is 0 Å². The minimum atomic E-state index is -0.0499. The molecule has 0 aliphatic carbocycles. The molecule has 2 nitrogen and oxygen atoms in total. The molecule has 0 fully saturated rings. The number of rotatable bonds is 5. The largest absolute Gasteiger partial charge is 0.299 e. The molecule has 0 saturated heterocycles. The fourth-order valence-corrected chi connectivity index (χ4v) is 2.29. The molecule has 0 aromatic heterocycles. The van der Waals surface area contributed by atoms with Crippen molar-refractivity contribution < 1.29 is 9.59 Å². The molecule has 21 heavy (non-hydrogen) atoms. The zero-order valence-electron chi connectivity index (χ0n) is 14.2. The molecule has 1 rings (SSSR count). The molecule has 0 amide bonds. The molecular formula is C19H28O2. The first kappa shape index (κ1) is 17.6. The molecule has 0 saturated carbocycles. The van der Waals surface area contributed by atoms with E-state index in [1.807, 2.05) is 32.9 Å². The number of ketones is 2. The molecule has 0 unspecified atom stereocenters. The van der Waals surface area contributed by atoms with E-state index in [4.69, 9.17) is 0 Å². The highest BCUT2D eigenvalue weighted by molar-refractivity contribution is 6.00. The van der Waals surface area contributed by atoms with Crippen molar-refractivity contribution in [3.05, 3.63) is 35.4 Å². The summed E-state index contributed by atoms with van der Waals surface area (Å²) in [6, 6.07) is 8.12. The van der Waals surface area contributed by atoms with Crippen molar-refractivity contribution in [2.24, 2.45) is 5.41 Å². The van der Waals surface area contributed by atoms with Crippen LogP contribution in [0, 0.1) is 5.41 Å². The first-order chi connectivity index (χ1) is 9.47. The molecule has 116 valence electrons. The Morgan fingerprint density at radius 1 is 0.857 bits per heavy atom. The van der Waals surface area contributed by atoms with Crippen LogP contribution in [-0.2, 0) is 21.4 Å². The van der Waals surface area contributed by atoms with E-state index >= 15 is 0 Å². The van der Waals surface area contributed by atoms with E-state index in [-0.39, 0.29) is 28.8 Å². The summed E-state index contributed by atoms with van der Waals surface area (Å²) in [5.74, 6) is 0.0478. The Bertz CT molecular complexity index is 496. The van der Waals surface area contributed by atoms with E-state index in [1.54, 1.807) is 0 Å². The Morgan fingerprint density at radius 2 is 1.38 bits per heavy atom. The van der Waals surface area contributed by atoms with Gasteiger partial charge in [-0.1, -0.05) is 65.8 Å². The van der Waals surface area contributed by atoms with E-state index in [9.17, 15) is 9.59 Å². The van der Waals surface area contributed by atoms with Crippen molar-refractivity contribution in [2.45, 2.75) is 66.2 Å². The summed E-state index contributed by atoms with van der Waals surface area (Å²) in [5, 5.41) is 0. The molecule has 0 atom stereocenters. The summed E-state index contributed by atoms with van der Waals surface area (Å²) in [7, 11) is 0. The summed E-state index contributed by atoms with van der Waals surface area (Å²) >= 11 is 0. The van der Waals surface area contributed by atoms with Gasteiger partial charge in [0.05, 0.1) is 6.42 Å². The van der Waals surface area contributed by atoms with Gasteiger partial charge in [-0.05, 0) is 22.0 Å². The lowest BCUT2D eigenvalue weighted by atomic mass is 9.86. The number of hydrogen-bond donors (Lipinski definition) is 0. The molecule has 0 N–H and O–H groups in total. The predicted molar refractivity (Wildman–Crippen MR) is 87.5 cm³/mol. The maximum absolute atomic E-state index is 12.0. The molecule has 0 heterocycles. The molecule has 0 aliphatic heterocycles. The molecule has 0 spiro atoms. The standard InChI is InChI=1S/C19H28O2/c1-18(2,3)13-17(21)12-16(20)11-14-7-9-15(10-8-14)19(4,5)6/h7-10H,11-13H2,1-6H3. The highest BCUT2D eigenvalue weighted by atomic mass is 16.1. The van der Waals surface area contributed by atoms with Crippen LogP contribution in [0.25, 0.3) is 0 Å². The van der Waals surface area contributed by atoms with Gasteiger partial charge in [-0.15, -0.1) is 0 Å². The van der Waals surface area contributed by atoms with Crippen molar-refractivity contribution in [2.75, 3.05) is 0 Å². The van der Waals surface area contributed by atoms with Gasteiger partial charge in [0, 0.05) is 12.8 Å². The number of carbonyl (C=O) groups excluding carboxylic acids is 2. The number of hydrogen-bond acceptors (Lipinski definition) is 2. The summed E-state index contributed by atoms with van der Waals surface area (Å²) in [6.07, 6.45) is 0.861. The Morgan fingerprint density at radius 3 is 1.81 bits per heavy atom. The SMILES string of the molecule is CC(C)(C)CC(=O)CC(=O)Cc1ccc(C(C)(C)C)cc1. The minimum absolute atomic E-state index is 0.00718. The average molecular weight is 288 g/mol. The van der Waals surface area contributed by atoms with Crippen LogP contribution < -0.4 is 0 Å². The van der Waals surface area contributed by atoms with Crippen molar-refractivity contribution in [3.8, 4) is 0 Å². The zero-order chi connectivity index (χ0) is 16.3. The smallest absolute Gasteiger partial charge is 0.144 e. The molecule has 1 aromatic rings. The molecule has 2 heteroatoms. The van der Waals surface area contributed by atoms with Crippen LogP contribution in [0.2, 0.25) is 0 Å². The predicted octanol–water partition coefficient (Wildman–Crippen LogP) is 4.49. The summed E-state index contributed by atoms with van der Waals surface area (Å²) < 4.78 is 0.